The number of nitrogens with zero attached hydrogens (tertiary/aromatic N) is 1. The van der Waals surface area contributed by atoms with Crippen molar-refractivity contribution in [1.29, 1.82) is 0 Å². The Bertz CT molecular complexity index is 1080. The van der Waals surface area contributed by atoms with Crippen molar-refractivity contribution < 1.29 is 22.7 Å². The van der Waals surface area contributed by atoms with E-state index in [0.717, 1.165) is 8.78 Å². The standard InChI is InChI=1S/C22H20BrNO5S/c1-2-28-19-14-10-18(11-15-19)24(30(26,27)21-6-4-3-5-7-21)22(25)16-29-20-12-8-17(23)9-13-20/h3-15H,2,16H2,1H3. The molecule has 3 aromatic rings. The lowest BCUT2D eigenvalue weighted by molar-refractivity contribution is -0.119. The van der Waals surface area contributed by atoms with Crippen molar-refractivity contribution in [3.8, 4) is 11.5 Å². The van der Waals surface area contributed by atoms with Gasteiger partial charge in [-0.3, -0.25) is 4.79 Å². The van der Waals surface area contributed by atoms with Gasteiger partial charge in [-0.05, 0) is 67.6 Å². The molecule has 0 saturated carbocycles. The molecule has 0 aliphatic carbocycles. The summed E-state index contributed by atoms with van der Waals surface area (Å²) in [5.74, 6) is 0.318. The zero-order valence-electron chi connectivity index (χ0n) is 16.2. The van der Waals surface area contributed by atoms with E-state index < -0.39 is 22.5 Å². The Balaban J connectivity index is 1.92. The summed E-state index contributed by atoms with van der Waals surface area (Å²) in [4.78, 5) is 13.0. The highest BCUT2D eigenvalue weighted by Gasteiger charge is 2.31. The minimum atomic E-state index is -4.13. The first kappa shape index (κ1) is 21.9. The molecule has 0 N–H and O–H groups in total. The topological polar surface area (TPSA) is 72.9 Å². The maximum Gasteiger partial charge on any atom is 0.278 e. The molecular formula is C22H20BrNO5S. The molecule has 0 bridgehead atoms. The number of anilines is 1. The van der Waals surface area contributed by atoms with Crippen molar-refractivity contribution in [3.63, 3.8) is 0 Å². The fourth-order valence-corrected chi connectivity index (χ4v) is 4.39. The number of sulfonamides is 1. The Kier molecular flexibility index (Phi) is 7.12. The monoisotopic (exact) mass is 489 g/mol. The zero-order chi connectivity index (χ0) is 21.6. The predicted octanol–water partition coefficient (Wildman–Crippen LogP) is 4.65. The van der Waals surface area contributed by atoms with Crippen molar-refractivity contribution in [2.24, 2.45) is 0 Å². The fourth-order valence-electron chi connectivity index (χ4n) is 2.69. The molecule has 3 aromatic carbocycles. The van der Waals surface area contributed by atoms with Crippen LogP contribution >= 0.6 is 15.9 Å². The summed E-state index contributed by atoms with van der Waals surface area (Å²) in [7, 11) is -4.13. The molecule has 0 aromatic heterocycles. The van der Waals surface area contributed by atoms with Crippen LogP contribution in [0, 0.1) is 0 Å². The van der Waals surface area contributed by atoms with Crippen LogP contribution in [0.2, 0.25) is 0 Å². The molecule has 0 radical (unpaired) electrons. The number of hydrogen-bond donors (Lipinski definition) is 0. The van der Waals surface area contributed by atoms with E-state index >= 15 is 0 Å². The number of amides is 1. The first-order chi connectivity index (χ1) is 14.4. The van der Waals surface area contributed by atoms with Gasteiger partial charge >= 0.3 is 0 Å². The van der Waals surface area contributed by atoms with Crippen LogP contribution in [0.25, 0.3) is 0 Å². The Hall–Kier alpha value is -2.84. The average Bonchev–Trinajstić information content (AvgIpc) is 2.75. The molecule has 0 saturated heterocycles. The lowest BCUT2D eigenvalue weighted by Crippen LogP contribution is -2.40. The summed E-state index contributed by atoms with van der Waals surface area (Å²) in [5.41, 5.74) is 0.201. The van der Waals surface area contributed by atoms with Crippen molar-refractivity contribution in [2.45, 2.75) is 11.8 Å². The summed E-state index contributed by atoms with van der Waals surface area (Å²) in [6.07, 6.45) is 0. The second-order valence-corrected chi connectivity index (χ2v) is 8.85. The summed E-state index contributed by atoms with van der Waals surface area (Å²) < 4.78 is 39.1. The Morgan fingerprint density at radius 1 is 0.867 bits per heavy atom. The molecule has 1 amide bonds. The molecule has 0 unspecified atom stereocenters. The van der Waals surface area contributed by atoms with Crippen LogP contribution < -0.4 is 13.8 Å². The SMILES string of the molecule is CCOc1ccc(N(C(=O)COc2ccc(Br)cc2)S(=O)(=O)c2ccccc2)cc1. The highest BCUT2D eigenvalue weighted by molar-refractivity contribution is 9.10. The van der Waals surface area contributed by atoms with Gasteiger partial charge in [0.2, 0.25) is 0 Å². The molecular weight excluding hydrogens is 470 g/mol. The normalized spacial score (nSPS) is 11.0. The van der Waals surface area contributed by atoms with Crippen molar-refractivity contribution >= 4 is 37.5 Å². The van der Waals surface area contributed by atoms with Crippen LogP contribution in [0.3, 0.4) is 0 Å². The molecule has 6 nitrogen and oxygen atoms in total. The predicted molar refractivity (Wildman–Crippen MR) is 118 cm³/mol. The second-order valence-electron chi connectivity index (χ2n) is 6.15. The smallest absolute Gasteiger partial charge is 0.278 e. The summed E-state index contributed by atoms with van der Waals surface area (Å²) in [6, 6.07) is 21.0. The third-order valence-electron chi connectivity index (χ3n) is 4.07. The van der Waals surface area contributed by atoms with E-state index in [4.69, 9.17) is 9.47 Å². The highest BCUT2D eigenvalue weighted by Crippen LogP contribution is 2.26. The highest BCUT2D eigenvalue weighted by atomic mass is 79.9. The van der Waals surface area contributed by atoms with Gasteiger partial charge < -0.3 is 9.47 Å². The number of hydrogen-bond acceptors (Lipinski definition) is 5. The minimum Gasteiger partial charge on any atom is -0.494 e. The van der Waals surface area contributed by atoms with Crippen molar-refractivity contribution in [3.05, 3.63) is 83.3 Å². The van der Waals surface area contributed by atoms with E-state index in [-0.39, 0.29) is 10.6 Å². The van der Waals surface area contributed by atoms with Gasteiger partial charge in [-0.2, -0.15) is 4.31 Å². The van der Waals surface area contributed by atoms with Gasteiger partial charge in [0.15, 0.2) is 6.61 Å². The zero-order valence-corrected chi connectivity index (χ0v) is 18.6. The number of carbonyl (C=O) groups is 1. The van der Waals surface area contributed by atoms with E-state index in [1.165, 1.54) is 24.3 Å². The third kappa shape index (κ3) is 5.20. The minimum absolute atomic E-state index is 0.0101. The van der Waals surface area contributed by atoms with Crippen molar-refractivity contribution in [2.75, 3.05) is 17.5 Å². The molecule has 0 aliphatic heterocycles. The van der Waals surface area contributed by atoms with E-state index in [0.29, 0.717) is 18.1 Å². The van der Waals surface area contributed by atoms with Gasteiger partial charge in [0.05, 0.1) is 17.2 Å². The molecule has 0 atom stereocenters. The second kappa shape index (κ2) is 9.77. The third-order valence-corrected chi connectivity index (χ3v) is 6.36. The lowest BCUT2D eigenvalue weighted by atomic mass is 10.3. The number of carbonyl (C=O) groups excluding carboxylic acids is 1. The van der Waals surface area contributed by atoms with Crippen LogP contribution in [-0.2, 0) is 14.8 Å². The summed E-state index contributed by atoms with van der Waals surface area (Å²) in [6.45, 7) is 1.88. The molecule has 0 aliphatic rings. The van der Waals surface area contributed by atoms with Gasteiger partial charge in [-0.1, -0.05) is 34.1 Å². The maximum atomic E-state index is 13.3. The fraction of sp³-hybridized carbons (Fsp3) is 0.136. The van der Waals surface area contributed by atoms with E-state index in [2.05, 4.69) is 15.9 Å². The van der Waals surface area contributed by atoms with Gasteiger partial charge in [0.25, 0.3) is 15.9 Å². The van der Waals surface area contributed by atoms with Crippen LogP contribution in [-0.4, -0.2) is 27.5 Å². The largest absolute Gasteiger partial charge is 0.494 e. The molecule has 3 rings (SSSR count). The van der Waals surface area contributed by atoms with E-state index in [9.17, 15) is 13.2 Å². The van der Waals surface area contributed by atoms with E-state index in [1.54, 1.807) is 54.6 Å². The van der Waals surface area contributed by atoms with Crippen LogP contribution in [0.1, 0.15) is 6.92 Å². The van der Waals surface area contributed by atoms with Crippen LogP contribution in [0.4, 0.5) is 5.69 Å². The quantitative estimate of drug-likeness (QED) is 0.460. The van der Waals surface area contributed by atoms with Crippen LogP contribution in [0.15, 0.2) is 88.2 Å². The Morgan fingerprint density at radius 2 is 1.43 bits per heavy atom. The number of benzene rings is 3. The van der Waals surface area contributed by atoms with Gasteiger partial charge in [0.1, 0.15) is 11.5 Å². The molecule has 156 valence electrons. The molecule has 8 heteroatoms. The molecule has 0 fully saturated rings. The van der Waals surface area contributed by atoms with Crippen LogP contribution in [0.5, 0.6) is 11.5 Å². The molecule has 0 spiro atoms. The maximum absolute atomic E-state index is 13.3. The average molecular weight is 490 g/mol. The van der Waals surface area contributed by atoms with Gasteiger partial charge in [-0.25, -0.2) is 8.42 Å². The van der Waals surface area contributed by atoms with Gasteiger partial charge in [0, 0.05) is 4.47 Å². The van der Waals surface area contributed by atoms with E-state index in [1.807, 2.05) is 6.92 Å². The molecule has 0 heterocycles. The number of halogens is 1. The first-order valence-corrected chi connectivity index (χ1v) is 11.4. The van der Waals surface area contributed by atoms with Crippen molar-refractivity contribution in [1.82, 2.24) is 0 Å². The Labute approximate surface area is 184 Å². The van der Waals surface area contributed by atoms with Gasteiger partial charge in [-0.15, -0.1) is 0 Å². The lowest BCUT2D eigenvalue weighted by Gasteiger charge is -2.23. The first-order valence-electron chi connectivity index (χ1n) is 9.16. The summed E-state index contributed by atoms with van der Waals surface area (Å²) in [5, 5.41) is 0. The number of ether oxygens (including phenoxy) is 2. The summed E-state index contributed by atoms with van der Waals surface area (Å²) >= 11 is 3.33. The molecule has 30 heavy (non-hydrogen) atoms. The number of rotatable bonds is 8. The Morgan fingerprint density at radius 3 is 2.03 bits per heavy atom.